The number of nitrogens with zero attached hydrogens (tertiary/aromatic N) is 2. The van der Waals surface area contributed by atoms with E-state index in [4.69, 9.17) is 9.47 Å². The second-order valence-electron chi connectivity index (χ2n) is 5.52. The average molecular weight is 339 g/mol. The number of methoxy groups -OCH3 is 1. The molecule has 1 aromatic heterocycles. The number of nitrogens with one attached hydrogen (secondary N) is 1. The summed E-state index contributed by atoms with van der Waals surface area (Å²) in [5.74, 6) is 2.31. The summed E-state index contributed by atoms with van der Waals surface area (Å²) in [5, 5.41) is 2.69. The molecular weight excluding hydrogens is 318 g/mol. The molecule has 0 atom stereocenters. The quantitative estimate of drug-likeness (QED) is 0.481. The molecule has 1 N–H and O–H groups in total. The number of hydrogen-bond donors (Lipinski definition) is 1. The Labute approximate surface area is 146 Å². The molecule has 0 aliphatic heterocycles. The van der Waals surface area contributed by atoms with E-state index in [1.165, 1.54) is 0 Å². The Morgan fingerprint density at radius 3 is 2.68 bits per heavy atom. The molecule has 0 fully saturated rings. The zero-order chi connectivity index (χ0) is 17.5. The highest BCUT2D eigenvalue weighted by atomic mass is 16.5. The van der Waals surface area contributed by atoms with Gasteiger partial charge in [0, 0.05) is 6.54 Å². The van der Waals surface area contributed by atoms with E-state index in [2.05, 4.69) is 14.9 Å². The molecule has 0 saturated carbocycles. The number of hydrogen-bond acceptors (Lipinski definition) is 4. The molecule has 130 valence electrons. The molecule has 3 rings (SSSR count). The summed E-state index contributed by atoms with van der Waals surface area (Å²) >= 11 is 0. The third-order valence-corrected chi connectivity index (χ3v) is 3.93. The molecule has 6 heteroatoms. The van der Waals surface area contributed by atoms with Crippen molar-refractivity contribution < 1.29 is 14.3 Å². The first kappa shape index (κ1) is 16.8. The third kappa shape index (κ3) is 3.91. The van der Waals surface area contributed by atoms with Crippen LogP contribution in [0.5, 0.6) is 11.5 Å². The maximum absolute atomic E-state index is 10.6. The van der Waals surface area contributed by atoms with Crippen molar-refractivity contribution in [2.45, 2.75) is 19.5 Å². The van der Waals surface area contributed by atoms with E-state index in [1.807, 2.05) is 48.5 Å². The summed E-state index contributed by atoms with van der Waals surface area (Å²) in [4.78, 5) is 15.2. The lowest BCUT2D eigenvalue weighted by molar-refractivity contribution is -0.109. The van der Waals surface area contributed by atoms with Gasteiger partial charge in [-0.2, -0.15) is 0 Å². The molecule has 3 aromatic rings. The van der Waals surface area contributed by atoms with Gasteiger partial charge in [-0.25, -0.2) is 4.98 Å². The van der Waals surface area contributed by atoms with Crippen LogP contribution in [0, 0.1) is 0 Å². The van der Waals surface area contributed by atoms with Crippen LogP contribution in [0.25, 0.3) is 11.0 Å². The van der Waals surface area contributed by atoms with Gasteiger partial charge in [0.05, 0.1) is 31.3 Å². The van der Waals surface area contributed by atoms with E-state index in [0.717, 1.165) is 41.3 Å². The van der Waals surface area contributed by atoms with Gasteiger partial charge in [-0.1, -0.05) is 24.3 Å². The van der Waals surface area contributed by atoms with Gasteiger partial charge in [0.25, 0.3) is 0 Å². The number of carbonyl (C=O) groups excluding carboxylic acids is 1. The van der Waals surface area contributed by atoms with E-state index in [-0.39, 0.29) is 0 Å². The maximum Gasteiger partial charge on any atom is 0.207 e. The maximum atomic E-state index is 10.6. The standard InChI is InChI=1S/C19H21N3O3/c1-24-17-9-4-5-10-18(17)25-12-6-11-22-16-8-3-2-7-15(16)21-19(22)13-20-14-23/h2-5,7-10,14H,6,11-13H2,1H3,(H,20,23). The normalized spacial score (nSPS) is 10.6. The lowest BCUT2D eigenvalue weighted by atomic mass is 10.3. The van der Waals surface area contributed by atoms with Crippen LogP contribution in [-0.4, -0.2) is 29.7 Å². The third-order valence-electron chi connectivity index (χ3n) is 3.93. The Balaban J connectivity index is 1.67. The second-order valence-corrected chi connectivity index (χ2v) is 5.52. The van der Waals surface area contributed by atoms with Crippen LogP contribution in [0.4, 0.5) is 0 Å². The van der Waals surface area contributed by atoms with Gasteiger partial charge < -0.3 is 19.4 Å². The largest absolute Gasteiger partial charge is 0.493 e. The minimum absolute atomic E-state index is 0.408. The number of aromatic nitrogens is 2. The van der Waals surface area contributed by atoms with E-state index in [9.17, 15) is 4.79 Å². The Morgan fingerprint density at radius 2 is 1.88 bits per heavy atom. The SMILES string of the molecule is COc1ccccc1OCCCn1c(CNC=O)nc2ccccc21. The molecule has 0 aliphatic rings. The Hall–Kier alpha value is -3.02. The molecule has 0 radical (unpaired) electrons. The number of amides is 1. The summed E-state index contributed by atoms with van der Waals surface area (Å²) in [5.41, 5.74) is 1.98. The summed E-state index contributed by atoms with van der Waals surface area (Å²) in [6.45, 7) is 1.73. The number of fused-ring (bicyclic) bond motifs is 1. The van der Waals surface area contributed by atoms with Crippen LogP contribution < -0.4 is 14.8 Å². The first-order chi connectivity index (χ1) is 12.3. The summed E-state index contributed by atoms with van der Waals surface area (Å²) < 4.78 is 13.2. The molecule has 0 spiro atoms. The molecule has 6 nitrogen and oxygen atoms in total. The van der Waals surface area contributed by atoms with Gasteiger partial charge in [0.2, 0.25) is 6.41 Å². The molecule has 25 heavy (non-hydrogen) atoms. The van der Waals surface area contributed by atoms with Crippen LogP contribution >= 0.6 is 0 Å². The number of rotatable bonds is 9. The minimum atomic E-state index is 0.408. The molecule has 0 unspecified atom stereocenters. The lowest BCUT2D eigenvalue weighted by Gasteiger charge is -2.12. The van der Waals surface area contributed by atoms with Crippen LogP contribution in [0.3, 0.4) is 0 Å². The van der Waals surface area contributed by atoms with Gasteiger partial charge >= 0.3 is 0 Å². The van der Waals surface area contributed by atoms with Crippen molar-refractivity contribution in [3.8, 4) is 11.5 Å². The first-order valence-electron chi connectivity index (χ1n) is 8.20. The topological polar surface area (TPSA) is 65.4 Å². The zero-order valence-electron chi connectivity index (χ0n) is 14.1. The van der Waals surface area contributed by atoms with Gasteiger partial charge in [-0.15, -0.1) is 0 Å². The molecule has 0 bridgehead atoms. The van der Waals surface area contributed by atoms with Crippen molar-refractivity contribution in [2.75, 3.05) is 13.7 Å². The minimum Gasteiger partial charge on any atom is -0.493 e. The molecule has 0 aliphatic carbocycles. The molecule has 1 amide bonds. The lowest BCUT2D eigenvalue weighted by Crippen LogP contribution is -2.16. The zero-order valence-corrected chi connectivity index (χ0v) is 14.1. The van der Waals surface area contributed by atoms with E-state index >= 15 is 0 Å². The van der Waals surface area contributed by atoms with Gasteiger partial charge in [0.15, 0.2) is 11.5 Å². The van der Waals surface area contributed by atoms with Crippen molar-refractivity contribution in [3.63, 3.8) is 0 Å². The summed E-state index contributed by atoms with van der Waals surface area (Å²) in [7, 11) is 1.63. The Kier molecular flexibility index (Phi) is 5.51. The van der Waals surface area contributed by atoms with Gasteiger partial charge in [-0.3, -0.25) is 4.79 Å². The van der Waals surface area contributed by atoms with Crippen LogP contribution in [-0.2, 0) is 17.9 Å². The van der Waals surface area contributed by atoms with Gasteiger partial charge in [0.1, 0.15) is 5.82 Å². The predicted molar refractivity (Wildman–Crippen MR) is 95.7 cm³/mol. The summed E-state index contributed by atoms with van der Waals surface area (Å²) in [6, 6.07) is 15.6. The van der Waals surface area contributed by atoms with E-state index < -0.39 is 0 Å². The molecule has 2 aromatic carbocycles. The van der Waals surface area contributed by atoms with Gasteiger partial charge in [-0.05, 0) is 30.7 Å². The van der Waals surface area contributed by atoms with Crippen molar-refractivity contribution in [1.82, 2.24) is 14.9 Å². The van der Waals surface area contributed by atoms with Crippen molar-refractivity contribution >= 4 is 17.4 Å². The van der Waals surface area contributed by atoms with Crippen molar-refractivity contribution in [3.05, 3.63) is 54.4 Å². The fourth-order valence-corrected chi connectivity index (χ4v) is 2.79. The fourth-order valence-electron chi connectivity index (χ4n) is 2.79. The molecular formula is C19H21N3O3. The number of para-hydroxylation sites is 4. The van der Waals surface area contributed by atoms with E-state index in [1.54, 1.807) is 7.11 Å². The number of carbonyl (C=O) groups is 1. The second kappa shape index (κ2) is 8.19. The van der Waals surface area contributed by atoms with Crippen molar-refractivity contribution in [1.29, 1.82) is 0 Å². The molecule has 1 heterocycles. The summed E-state index contributed by atoms with van der Waals surface area (Å²) in [6.07, 6.45) is 1.50. The smallest absolute Gasteiger partial charge is 0.207 e. The predicted octanol–water partition coefficient (Wildman–Crippen LogP) is 2.76. The average Bonchev–Trinajstić information content (AvgIpc) is 3.01. The monoisotopic (exact) mass is 339 g/mol. The number of imidazole rings is 1. The Morgan fingerprint density at radius 1 is 1.12 bits per heavy atom. The van der Waals surface area contributed by atoms with Crippen LogP contribution in [0.15, 0.2) is 48.5 Å². The molecule has 0 saturated heterocycles. The Bertz CT molecular complexity index is 845. The van der Waals surface area contributed by atoms with Crippen LogP contribution in [0.1, 0.15) is 12.2 Å². The van der Waals surface area contributed by atoms with Crippen LogP contribution in [0.2, 0.25) is 0 Å². The fraction of sp³-hybridized carbons (Fsp3) is 0.263. The van der Waals surface area contributed by atoms with Crippen molar-refractivity contribution in [2.24, 2.45) is 0 Å². The highest BCUT2D eigenvalue weighted by Crippen LogP contribution is 2.26. The number of benzene rings is 2. The number of ether oxygens (including phenoxy) is 2. The highest BCUT2D eigenvalue weighted by Gasteiger charge is 2.10. The van der Waals surface area contributed by atoms with E-state index in [0.29, 0.717) is 19.6 Å². The highest BCUT2D eigenvalue weighted by molar-refractivity contribution is 5.75. The first-order valence-corrected chi connectivity index (χ1v) is 8.20. The number of aryl methyl sites for hydroxylation is 1.